The van der Waals surface area contributed by atoms with E-state index in [2.05, 4.69) is 15.8 Å². The van der Waals surface area contributed by atoms with Gasteiger partial charge in [-0.15, -0.1) is 0 Å². The number of nitrogen functional groups attached to an aromatic ring is 1. The van der Waals surface area contributed by atoms with E-state index in [-0.39, 0.29) is 0 Å². The topological polar surface area (TPSA) is 79.5 Å². The summed E-state index contributed by atoms with van der Waals surface area (Å²) in [5.74, 6) is 0. The first-order valence-corrected chi connectivity index (χ1v) is 6.66. The van der Waals surface area contributed by atoms with Gasteiger partial charge in [0.05, 0.1) is 5.71 Å². The van der Waals surface area contributed by atoms with Crippen molar-refractivity contribution >= 4 is 34.7 Å². The number of carbonyl (C=O) groups is 1. The first kappa shape index (κ1) is 14.9. The van der Waals surface area contributed by atoms with Crippen LogP contribution in [0.5, 0.6) is 0 Å². The van der Waals surface area contributed by atoms with Crippen molar-refractivity contribution in [1.29, 1.82) is 0 Å². The van der Waals surface area contributed by atoms with Crippen LogP contribution in [-0.2, 0) is 0 Å². The molecule has 0 spiro atoms. The molecule has 0 aliphatic carbocycles. The van der Waals surface area contributed by atoms with Gasteiger partial charge in [-0.2, -0.15) is 5.10 Å². The third-order valence-electron chi connectivity index (χ3n) is 2.76. The fourth-order valence-corrected chi connectivity index (χ4v) is 1.89. The van der Waals surface area contributed by atoms with Gasteiger partial charge < -0.3 is 11.1 Å². The van der Waals surface area contributed by atoms with E-state index in [1.54, 1.807) is 37.3 Å². The van der Waals surface area contributed by atoms with Crippen LogP contribution in [0, 0.1) is 0 Å². The largest absolute Gasteiger partial charge is 0.398 e. The van der Waals surface area contributed by atoms with E-state index in [1.807, 2.05) is 18.2 Å². The molecule has 2 rings (SSSR count). The molecule has 0 atom stereocenters. The number of amides is 2. The van der Waals surface area contributed by atoms with Gasteiger partial charge in [0, 0.05) is 22.0 Å². The SMILES string of the molecule is C/C(=N\NC(=O)Nc1ccccc1)c1cc(Cl)ccc1N. The molecular weight excluding hydrogens is 288 g/mol. The molecule has 0 radical (unpaired) electrons. The number of hydrogen-bond donors (Lipinski definition) is 3. The van der Waals surface area contributed by atoms with Crippen LogP contribution >= 0.6 is 11.6 Å². The van der Waals surface area contributed by atoms with Gasteiger partial charge in [0.25, 0.3) is 0 Å². The molecule has 0 saturated heterocycles. The fraction of sp³-hybridized carbons (Fsp3) is 0.0667. The summed E-state index contributed by atoms with van der Waals surface area (Å²) in [5, 5.41) is 7.23. The third-order valence-corrected chi connectivity index (χ3v) is 3.00. The first-order valence-electron chi connectivity index (χ1n) is 6.28. The zero-order chi connectivity index (χ0) is 15.2. The van der Waals surface area contributed by atoms with Crippen LogP contribution in [0.15, 0.2) is 53.6 Å². The molecule has 0 aromatic heterocycles. The number of carbonyl (C=O) groups excluding carboxylic acids is 1. The Hall–Kier alpha value is -2.53. The lowest BCUT2D eigenvalue weighted by Crippen LogP contribution is -2.25. The van der Waals surface area contributed by atoms with Crippen LogP contribution < -0.4 is 16.5 Å². The minimum atomic E-state index is -0.429. The van der Waals surface area contributed by atoms with E-state index < -0.39 is 6.03 Å². The highest BCUT2D eigenvalue weighted by Gasteiger charge is 2.05. The van der Waals surface area contributed by atoms with E-state index in [0.29, 0.717) is 27.7 Å². The Bertz CT molecular complexity index is 671. The van der Waals surface area contributed by atoms with Crippen molar-refractivity contribution in [3.8, 4) is 0 Å². The monoisotopic (exact) mass is 302 g/mol. The molecule has 0 fully saturated rings. The highest BCUT2D eigenvalue weighted by molar-refractivity contribution is 6.31. The van der Waals surface area contributed by atoms with Crippen LogP contribution in [-0.4, -0.2) is 11.7 Å². The quantitative estimate of drug-likeness (QED) is 0.461. The summed E-state index contributed by atoms with van der Waals surface area (Å²) in [5.41, 5.74) is 10.8. The Labute approximate surface area is 127 Å². The fourth-order valence-electron chi connectivity index (χ4n) is 1.72. The number of urea groups is 1. The maximum atomic E-state index is 11.7. The Morgan fingerprint density at radius 3 is 2.62 bits per heavy atom. The molecule has 0 saturated carbocycles. The normalized spacial score (nSPS) is 11.0. The summed E-state index contributed by atoms with van der Waals surface area (Å²) in [7, 11) is 0. The summed E-state index contributed by atoms with van der Waals surface area (Å²) >= 11 is 5.92. The number of hydrogen-bond acceptors (Lipinski definition) is 3. The van der Waals surface area contributed by atoms with Crippen LogP contribution in [0.2, 0.25) is 5.02 Å². The van der Waals surface area contributed by atoms with Crippen LogP contribution in [0.4, 0.5) is 16.2 Å². The first-order chi connectivity index (χ1) is 10.1. The maximum absolute atomic E-state index is 11.7. The molecule has 6 heteroatoms. The molecule has 5 nitrogen and oxygen atoms in total. The van der Waals surface area contributed by atoms with Gasteiger partial charge in [0.2, 0.25) is 0 Å². The summed E-state index contributed by atoms with van der Waals surface area (Å²) in [6.07, 6.45) is 0. The number of rotatable bonds is 3. The summed E-state index contributed by atoms with van der Waals surface area (Å²) < 4.78 is 0. The second-order valence-electron chi connectivity index (χ2n) is 4.36. The van der Waals surface area contributed by atoms with Crippen molar-refractivity contribution in [1.82, 2.24) is 5.43 Å². The van der Waals surface area contributed by atoms with Crippen molar-refractivity contribution in [2.75, 3.05) is 11.1 Å². The minimum Gasteiger partial charge on any atom is -0.398 e. The molecule has 2 aromatic carbocycles. The van der Waals surface area contributed by atoms with Crippen molar-refractivity contribution in [2.45, 2.75) is 6.92 Å². The van der Waals surface area contributed by atoms with Gasteiger partial charge in [-0.3, -0.25) is 0 Å². The van der Waals surface area contributed by atoms with Crippen molar-refractivity contribution in [2.24, 2.45) is 5.10 Å². The molecule has 4 N–H and O–H groups in total. The number of halogens is 1. The predicted molar refractivity (Wildman–Crippen MR) is 86.7 cm³/mol. The van der Waals surface area contributed by atoms with E-state index in [9.17, 15) is 4.79 Å². The maximum Gasteiger partial charge on any atom is 0.339 e. The number of hydrazone groups is 1. The second kappa shape index (κ2) is 6.76. The van der Waals surface area contributed by atoms with Crippen molar-refractivity contribution < 1.29 is 4.79 Å². The smallest absolute Gasteiger partial charge is 0.339 e. The van der Waals surface area contributed by atoms with E-state index in [1.165, 1.54) is 0 Å². The highest BCUT2D eigenvalue weighted by Crippen LogP contribution is 2.18. The number of para-hydroxylation sites is 1. The highest BCUT2D eigenvalue weighted by atomic mass is 35.5. The molecule has 108 valence electrons. The van der Waals surface area contributed by atoms with Crippen molar-refractivity contribution in [3.63, 3.8) is 0 Å². The van der Waals surface area contributed by atoms with Gasteiger partial charge in [0.15, 0.2) is 0 Å². The zero-order valence-corrected chi connectivity index (χ0v) is 12.2. The number of nitrogens with two attached hydrogens (primary N) is 1. The Balaban J connectivity index is 2.03. The summed E-state index contributed by atoms with van der Waals surface area (Å²) in [6, 6.07) is 13.8. The molecule has 2 amide bonds. The van der Waals surface area contributed by atoms with Gasteiger partial charge in [0.1, 0.15) is 0 Å². The standard InChI is InChI=1S/C15H15ClN4O/c1-10(13-9-11(16)7-8-14(13)17)19-20-15(21)18-12-5-3-2-4-6-12/h2-9H,17H2,1H3,(H2,18,20,21)/b19-10+. The molecule has 0 unspecified atom stereocenters. The molecule has 0 aliphatic heterocycles. The average Bonchev–Trinajstić information content (AvgIpc) is 2.48. The number of nitrogens with zero attached hydrogens (tertiary/aromatic N) is 1. The van der Waals surface area contributed by atoms with E-state index in [0.717, 1.165) is 0 Å². The summed E-state index contributed by atoms with van der Waals surface area (Å²) in [4.78, 5) is 11.7. The van der Waals surface area contributed by atoms with Gasteiger partial charge >= 0.3 is 6.03 Å². The molecule has 0 aliphatic rings. The lowest BCUT2D eigenvalue weighted by molar-refractivity contribution is 0.252. The molecule has 21 heavy (non-hydrogen) atoms. The van der Waals surface area contributed by atoms with Gasteiger partial charge in [-0.05, 0) is 37.3 Å². The third kappa shape index (κ3) is 4.22. The average molecular weight is 303 g/mol. The minimum absolute atomic E-state index is 0.429. The van der Waals surface area contributed by atoms with E-state index in [4.69, 9.17) is 17.3 Å². The van der Waals surface area contributed by atoms with Crippen LogP contribution in [0.25, 0.3) is 0 Å². The van der Waals surface area contributed by atoms with Gasteiger partial charge in [-0.25, -0.2) is 10.2 Å². The van der Waals surface area contributed by atoms with Crippen LogP contribution in [0.3, 0.4) is 0 Å². The Kier molecular flexibility index (Phi) is 4.79. The summed E-state index contributed by atoms with van der Waals surface area (Å²) in [6.45, 7) is 1.74. The Morgan fingerprint density at radius 2 is 1.90 bits per heavy atom. The molecule has 0 heterocycles. The zero-order valence-electron chi connectivity index (χ0n) is 11.4. The second-order valence-corrected chi connectivity index (χ2v) is 4.80. The van der Waals surface area contributed by atoms with Gasteiger partial charge in [-0.1, -0.05) is 29.8 Å². The number of anilines is 2. The Morgan fingerprint density at radius 1 is 1.19 bits per heavy atom. The number of nitrogens with one attached hydrogen (secondary N) is 2. The number of benzene rings is 2. The molecular formula is C15H15ClN4O. The van der Waals surface area contributed by atoms with E-state index >= 15 is 0 Å². The lowest BCUT2D eigenvalue weighted by atomic mass is 10.1. The predicted octanol–water partition coefficient (Wildman–Crippen LogP) is 3.47. The molecule has 0 bridgehead atoms. The lowest BCUT2D eigenvalue weighted by Gasteiger charge is -2.07. The van der Waals surface area contributed by atoms with Crippen molar-refractivity contribution in [3.05, 3.63) is 59.1 Å². The molecule has 2 aromatic rings. The van der Waals surface area contributed by atoms with Crippen LogP contribution in [0.1, 0.15) is 12.5 Å².